The van der Waals surface area contributed by atoms with Gasteiger partial charge in [-0.15, -0.1) is 0 Å². The number of nitrogens with one attached hydrogen (secondary N) is 1. The number of thioether (sulfide) groups is 2. The Hall–Kier alpha value is -0.810. The number of fused-ring (bicyclic) bond motifs is 1. The van der Waals surface area contributed by atoms with E-state index in [9.17, 15) is 0 Å². The van der Waals surface area contributed by atoms with Crippen molar-refractivity contribution in [2.24, 2.45) is 0 Å². The summed E-state index contributed by atoms with van der Waals surface area (Å²) < 4.78 is 5.62. The molecule has 1 unspecified atom stereocenters. The van der Waals surface area contributed by atoms with Gasteiger partial charge in [-0.25, -0.2) is 0 Å². The largest absolute Gasteiger partial charge is 0.424 e. The molecule has 1 atom stereocenters. The van der Waals surface area contributed by atoms with Crippen molar-refractivity contribution in [3.8, 4) is 0 Å². The molecular weight excluding hydrogens is 252 g/mol. The number of benzene rings is 1. The van der Waals surface area contributed by atoms with E-state index >= 15 is 0 Å². The van der Waals surface area contributed by atoms with Crippen LogP contribution in [0.15, 0.2) is 28.7 Å². The van der Waals surface area contributed by atoms with Crippen molar-refractivity contribution in [2.75, 3.05) is 29.1 Å². The van der Waals surface area contributed by atoms with Crippen molar-refractivity contribution >= 4 is 40.6 Å². The van der Waals surface area contributed by atoms with Crippen LogP contribution < -0.4 is 5.32 Å². The minimum Gasteiger partial charge on any atom is -0.424 e. The molecule has 0 saturated carbocycles. The molecule has 1 aromatic heterocycles. The van der Waals surface area contributed by atoms with Gasteiger partial charge in [0.25, 0.3) is 6.01 Å². The fraction of sp³-hybridized carbons (Fsp3) is 0.417. The molecule has 1 N–H and O–H groups in total. The Bertz CT molecular complexity index is 461. The molecule has 1 aromatic carbocycles. The second kappa shape index (κ2) is 5.23. The lowest BCUT2D eigenvalue weighted by Crippen LogP contribution is -2.23. The average Bonchev–Trinajstić information content (AvgIpc) is 2.80. The smallest absolute Gasteiger partial charge is 0.295 e. The molecule has 1 saturated heterocycles. The number of anilines is 1. The molecule has 5 heteroatoms. The Morgan fingerprint density at radius 2 is 2.29 bits per heavy atom. The zero-order valence-electron chi connectivity index (χ0n) is 9.39. The molecule has 0 bridgehead atoms. The summed E-state index contributed by atoms with van der Waals surface area (Å²) in [5.74, 6) is 3.76. The van der Waals surface area contributed by atoms with Gasteiger partial charge in [0, 0.05) is 29.1 Å². The van der Waals surface area contributed by atoms with Gasteiger partial charge in [-0.3, -0.25) is 0 Å². The third kappa shape index (κ3) is 2.72. The quantitative estimate of drug-likeness (QED) is 0.924. The van der Waals surface area contributed by atoms with Crippen LogP contribution in [0.5, 0.6) is 0 Å². The number of rotatable bonds is 3. The molecule has 0 spiro atoms. The van der Waals surface area contributed by atoms with E-state index in [1.165, 1.54) is 17.3 Å². The van der Waals surface area contributed by atoms with Crippen molar-refractivity contribution in [1.82, 2.24) is 4.98 Å². The lowest BCUT2D eigenvalue weighted by atomic mass is 10.3. The van der Waals surface area contributed by atoms with E-state index in [4.69, 9.17) is 4.42 Å². The maximum atomic E-state index is 5.62. The summed E-state index contributed by atoms with van der Waals surface area (Å²) in [4.78, 5) is 4.40. The summed E-state index contributed by atoms with van der Waals surface area (Å²) in [6.07, 6.45) is 0. The standard InChI is InChI=1S/C12H14N2OS2/c1-2-4-11-10(3-1)14-12(15-11)13-7-9-8-16-5-6-17-9/h1-4,9H,5-8H2,(H,13,14). The summed E-state index contributed by atoms with van der Waals surface area (Å²) in [6, 6.07) is 8.49. The van der Waals surface area contributed by atoms with Crippen molar-refractivity contribution in [3.63, 3.8) is 0 Å². The summed E-state index contributed by atoms with van der Waals surface area (Å²) in [5, 5.41) is 3.96. The predicted octanol–water partition coefficient (Wildman–Crippen LogP) is 3.09. The van der Waals surface area contributed by atoms with E-state index in [0.717, 1.165) is 17.6 Å². The first kappa shape index (κ1) is 11.3. The number of nitrogens with zero attached hydrogens (tertiary/aromatic N) is 1. The van der Waals surface area contributed by atoms with Crippen LogP contribution in [0.25, 0.3) is 11.1 Å². The maximum Gasteiger partial charge on any atom is 0.295 e. The van der Waals surface area contributed by atoms with Crippen LogP contribution in [0.2, 0.25) is 0 Å². The number of hydrogen-bond donors (Lipinski definition) is 1. The van der Waals surface area contributed by atoms with Gasteiger partial charge in [0.05, 0.1) is 0 Å². The molecule has 1 aliphatic heterocycles. The van der Waals surface area contributed by atoms with Crippen molar-refractivity contribution in [1.29, 1.82) is 0 Å². The Labute approximate surface area is 109 Å². The number of aromatic nitrogens is 1. The van der Waals surface area contributed by atoms with Crippen LogP contribution in [0.1, 0.15) is 0 Å². The summed E-state index contributed by atoms with van der Waals surface area (Å²) in [7, 11) is 0. The highest BCUT2D eigenvalue weighted by Gasteiger charge is 2.15. The first-order chi connectivity index (χ1) is 8.42. The van der Waals surface area contributed by atoms with Crippen LogP contribution in [0.4, 0.5) is 6.01 Å². The van der Waals surface area contributed by atoms with E-state index < -0.39 is 0 Å². The van der Waals surface area contributed by atoms with Gasteiger partial charge >= 0.3 is 0 Å². The van der Waals surface area contributed by atoms with Gasteiger partial charge in [-0.2, -0.15) is 28.5 Å². The monoisotopic (exact) mass is 266 g/mol. The third-order valence-corrected chi connectivity index (χ3v) is 5.50. The average molecular weight is 266 g/mol. The second-order valence-electron chi connectivity index (χ2n) is 3.94. The molecule has 2 heterocycles. The summed E-state index contributed by atoms with van der Waals surface area (Å²) >= 11 is 4.07. The third-order valence-electron chi connectivity index (χ3n) is 2.66. The highest BCUT2D eigenvalue weighted by molar-refractivity contribution is 8.06. The maximum absolute atomic E-state index is 5.62. The highest BCUT2D eigenvalue weighted by Crippen LogP contribution is 2.25. The lowest BCUT2D eigenvalue weighted by molar-refractivity contribution is 0.614. The van der Waals surface area contributed by atoms with E-state index in [1.807, 2.05) is 47.8 Å². The molecule has 0 amide bonds. The van der Waals surface area contributed by atoms with Crippen molar-refractivity contribution < 1.29 is 4.42 Å². The molecule has 2 aromatic rings. The van der Waals surface area contributed by atoms with Gasteiger partial charge in [0.15, 0.2) is 5.58 Å². The van der Waals surface area contributed by atoms with Crippen LogP contribution in [-0.2, 0) is 0 Å². The van der Waals surface area contributed by atoms with Crippen molar-refractivity contribution in [3.05, 3.63) is 24.3 Å². The van der Waals surface area contributed by atoms with Gasteiger partial charge in [-0.05, 0) is 12.1 Å². The number of para-hydroxylation sites is 2. The summed E-state index contributed by atoms with van der Waals surface area (Å²) in [6.45, 7) is 0.935. The van der Waals surface area contributed by atoms with Gasteiger partial charge in [0.1, 0.15) is 5.52 Å². The molecule has 1 aliphatic rings. The Balaban J connectivity index is 1.64. The fourth-order valence-electron chi connectivity index (χ4n) is 1.80. The minimum atomic E-state index is 0.641. The Morgan fingerprint density at radius 1 is 1.35 bits per heavy atom. The van der Waals surface area contributed by atoms with Gasteiger partial charge in [0.2, 0.25) is 0 Å². The van der Waals surface area contributed by atoms with E-state index in [1.54, 1.807) is 0 Å². The normalized spacial score (nSPS) is 20.6. The molecule has 0 aliphatic carbocycles. The number of oxazole rings is 1. The van der Waals surface area contributed by atoms with E-state index in [2.05, 4.69) is 10.3 Å². The van der Waals surface area contributed by atoms with Gasteiger partial charge in [-0.1, -0.05) is 12.1 Å². The molecule has 1 fully saturated rings. The SMILES string of the molecule is c1ccc2oc(NCC3CSCCS3)nc2c1. The molecule has 0 radical (unpaired) electrons. The molecule has 90 valence electrons. The van der Waals surface area contributed by atoms with Crippen LogP contribution in [0, 0.1) is 0 Å². The van der Waals surface area contributed by atoms with E-state index in [0.29, 0.717) is 11.3 Å². The predicted molar refractivity (Wildman–Crippen MR) is 76.1 cm³/mol. The highest BCUT2D eigenvalue weighted by atomic mass is 32.2. The molecular formula is C12H14N2OS2. The first-order valence-electron chi connectivity index (χ1n) is 5.70. The minimum absolute atomic E-state index is 0.641. The Morgan fingerprint density at radius 3 is 3.12 bits per heavy atom. The summed E-state index contributed by atoms with van der Waals surface area (Å²) in [5.41, 5.74) is 1.77. The molecule has 17 heavy (non-hydrogen) atoms. The van der Waals surface area contributed by atoms with E-state index in [-0.39, 0.29) is 0 Å². The molecule has 3 nitrogen and oxygen atoms in total. The lowest BCUT2D eigenvalue weighted by Gasteiger charge is -2.20. The zero-order chi connectivity index (χ0) is 11.5. The van der Waals surface area contributed by atoms with Crippen molar-refractivity contribution in [2.45, 2.75) is 5.25 Å². The van der Waals surface area contributed by atoms with Crippen LogP contribution in [0.3, 0.4) is 0 Å². The topological polar surface area (TPSA) is 38.1 Å². The second-order valence-corrected chi connectivity index (χ2v) is 6.49. The first-order valence-corrected chi connectivity index (χ1v) is 7.91. The van der Waals surface area contributed by atoms with Gasteiger partial charge < -0.3 is 9.73 Å². The molecule has 3 rings (SSSR count). The Kier molecular flexibility index (Phi) is 3.47. The van der Waals surface area contributed by atoms with Crippen LogP contribution >= 0.6 is 23.5 Å². The fourth-order valence-corrected chi connectivity index (χ4v) is 4.42. The zero-order valence-corrected chi connectivity index (χ0v) is 11.0. The van der Waals surface area contributed by atoms with Crippen LogP contribution in [-0.4, -0.2) is 34.0 Å². The number of hydrogen-bond acceptors (Lipinski definition) is 5.